The van der Waals surface area contributed by atoms with E-state index in [4.69, 9.17) is 5.26 Å². The van der Waals surface area contributed by atoms with Gasteiger partial charge < -0.3 is 4.57 Å². The molecule has 2 aromatic heterocycles. The van der Waals surface area contributed by atoms with Crippen molar-refractivity contribution in [3.8, 4) is 17.5 Å². The summed E-state index contributed by atoms with van der Waals surface area (Å²) < 4.78 is 1.89. The lowest BCUT2D eigenvalue weighted by atomic mass is 9.86. The van der Waals surface area contributed by atoms with Gasteiger partial charge in [0.2, 0.25) is 0 Å². The second-order valence-electron chi connectivity index (χ2n) is 5.57. The number of fused-ring (bicyclic) bond motifs is 1. The van der Waals surface area contributed by atoms with Gasteiger partial charge in [0.15, 0.2) is 11.5 Å². The highest BCUT2D eigenvalue weighted by atomic mass is 15.1. The molecule has 5 heteroatoms. The maximum absolute atomic E-state index is 9.17. The number of rotatable bonds is 2. The number of nitrogens with zero attached hydrogens (tertiary/aromatic N) is 5. The molecule has 2 heterocycles. The maximum Gasteiger partial charge on any atom is 0.181 e. The van der Waals surface area contributed by atoms with Crippen LogP contribution in [-0.4, -0.2) is 19.5 Å². The first-order valence-electron chi connectivity index (χ1n) is 6.67. The number of benzene rings is 1. The van der Waals surface area contributed by atoms with Crippen molar-refractivity contribution >= 4 is 11.2 Å². The van der Waals surface area contributed by atoms with Crippen molar-refractivity contribution in [2.45, 2.75) is 19.3 Å². The molecule has 5 nitrogen and oxygen atoms in total. The largest absolute Gasteiger partial charge is 0.331 e. The lowest BCUT2D eigenvalue weighted by molar-refractivity contribution is 0.687. The van der Waals surface area contributed by atoms with Crippen molar-refractivity contribution in [3.05, 3.63) is 42.4 Å². The summed E-state index contributed by atoms with van der Waals surface area (Å²) in [6.07, 6.45) is 3.50. The van der Waals surface area contributed by atoms with Crippen molar-refractivity contribution in [2.75, 3.05) is 0 Å². The van der Waals surface area contributed by atoms with Gasteiger partial charge in [0.25, 0.3) is 0 Å². The number of aryl methyl sites for hydroxylation is 1. The molecular weight excluding hydrogens is 262 g/mol. The summed E-state index contributed by atoms with van der Waals surface area (Å²) in [5.41, 5.74) is 2.99. The lowest BCUT2D eigenvalue weighted by Gasteiger charge is -2.15. The van der Waals surface area contributed by atoms with Crippen molar-refractivity contribution in [2.24, 2.45) is 7.05 Å². The van der Waals surface area contributed by atoms with Crippen LogP contribution in [0.3, 0.4) is 0 Å². The third-order valence-corrected chi connectivity index (χ3v) is 3.63. The predicted molar refractivity (Wildman–Crippen MR) is 80.4 cm³/mol. The van der Waals surface area contributed by atoms with E-state index < -0.39 is 5.41 Å². The van der Waals surface area contributed by atoms with Crippen LogP contribution in [-0.2, 0) is 12.5 Å². The number of hydrogen-bond acceptors (Lipinski definition) is 4. The van der Waals surface area contributed by atoms with E-state index in [1.54, 1.807) is 12.5 Å². The Balaban J connectivity index is 2.01. The average Bonchev–Trinajstić information content (AvgIpc) is 2.88. The molecule has 0 aliphatic rings. The van der Waals surface area contributed by atoms with Gasteiger partial charge in [0, 0.05) is 12.6 Å². The number of imidazole rings is 1. The highest BCUT2D eigenvalue weighted by Gasteiger charge is 2.19. The first-order chi connectivity index (χ1) is 10.0. The molecule has 0 atom stereocenters. The average molecular weight is 277 g/mol. The van der Waals surface area contributed by atoms with E-state index in [-0.39, 0.29) is 0 Å². The van der Waals surface area contributed by atoms with Crippen LogP contribution in [0, 0.1) is 11.3 Å². The summed E-state index contributed by atoms with van der Waals surface area (Å²) in [6, 6.07) is 10.1. The van der Waals surface area contributed by atoms with Crippen molar-refractivity contribution < 1.29 is 0 Å². The fraction of sp³-hybridized carbons (Fsp3) is 0.250. The zero-order chi connectivity index (χ0) is 15.0. The Labute approximate surface area is 122 Å². The first-order valence-corrected chi connectivity index (χ1v) is 6.67. The van der Waals surface area contributed by atoms with Gasteiger partial charge in [-0.3, -0.25) is 0 Å². The molecule has 0 aliphatic carbocycles. The standard InChI is InChI=1S/C16H15N5/c1-16(2,9-17)12-6-4-11(5-7-12)14-18-8-13-15(20-14)19-10-21(13)3/h4-8,10H,1-3H3. The second-order valence-corrected chi connectivity index (χ2v) is 5.57. The van der Waals surface area contributed by atoms with Crippen LogP contribution in [0.25, 0.3) is 22.6 Å². The van der Waals surface area contributed by atoms with E-state index in [1.807, 2.05) is 49.7 Å². The molecular formula is C16H15N5. The Bertz CT molecular complexity index is 837. The SMILES string of the molecule is Cn1cnc2nc(-c3ccc(C(C)(C)C#N)cc3)ncc21. The zero-order valence-electron chi connectivity index (χ0n) is 12.2. The maximum atomic E-state index is 9.17. The smallest absolute Gasteiger partial charge is 0.181 e. The summed E-state index contributed by atoms with van der Waals surface area (Å²) >= 11 is 0. The highest BCUT2D eigenvalue weighted by Crippen LogP contribution is 2.25. The third kappa shape index (κ3) is 2.25. The molecule has 0 saturated heterocycles. The lowest BCUT2D eigenvalue weighted by Crippen LogP contribution is -2.13. The van der Waals surface area contributed by atoms with Gasteiger partial charge in [-0.2, -0.15) is 5.26 Å². The highest BCUT2D eigenvalue weighted by molar-refractivity contribution is 5.72. The Morgan fingerprint density at radius 2 is 1.86 bits per heavy atom. The normalized spacial score (nSPS) is 11.5. The van der Waals surface area contributed by atoms with Crippen LogP contribution >= 0.6 is 0 Å². The second kappa shape index (κ2) is 4.67. The Hall–Kier alpha value is -2.74. The molecule has 3 aromatic rings. The van der Waals surface area contributed by atoms with Gasteiger partial charge in [-0.25, -0.2) is 15.0 Å². The van der Waals surface area contributed by atoms with E-state index in [2.05, 4.69) is 21.0 Å². The van der Waals surface area contributed by atoms with E-state index in [0.29, 0.717) is 11.5 Å². The van der Waals surface area contributed by atoms with E-state index in [9.17, 15) is 0 Å². The summed E-state index contributed by atoms with van der Waals surface area (Å²) in [5, 5.41) is 9.17. The topological polar surface area (TPSA) is 67.4 Å². The van der Waals surface area contributed by atoms with E-state index in [0.717, 1.165) is 16.6 Å². The summed E-state index contributed by atoms with van der Waals surface area (Å²) in [4.78, 5) is 13.1. The zero-order valence-corrected chi connectivity index (χ0v) is 12.2. The van der Waals surface area contributed by atoms with Crippen molar-refractivity contribution in [3.63, 3.8) is 0 Å². The molecule has 0 unspecified atom stereocenters. The molecule has 0 N–H and O–H groups in total. The molecule has 0 amide bonds. The minimum absolute atomic E-state index is 0.496. The predicted octanol–water partition coefficient (Wildman–Crippen LogP) is 2.83. The quantitative estimate of drug-likeness (QED) is 0.722. The molecule has 104 valence electrons. The van der Waals surface area contributed by atoms with E-state index >= 15 is 0 Å². The summed E-state index contributed by atoms with van der Waals surface area (Å²) in [5.74, 6) is 0.641. The van der Waals surface area contributed by atoms with Crippen LogP contribution in [0.4, 0.5) is 0 Å². The van der Waals surface area contributed by atoms with Crippen LogP contribution in [0.15, 0.2) is 36.8 Å². The van der Waals surface area contributed by atoms with Gasteiger partial charge in [0.05, 0.1) is 24.0 Å². The van der Waals surface area contributed by atoms with E-state index in [1.165, 1.54) is 0 Å². The Kier molecular flexibility index (Phi) is 2.95. The van der Waals surface area contributed by atoms with Gasteiger partial charge in [-0.05, 0) is 19.4 Å². The minimum Gasteiger partial charge on any atom is -0.331 e. The number of aromatic nitrogens is 4. The van der Waals surface area contributed by atoms with Gasteiger partial charge >= 0.3 is 0 Å². The van der Waals surface area contributed by atoms with Crippen molar-refractivity contribution in [1.82, 2.24) is 19.5 Å². The summed E-state index contributed by atoms with van der Waals surface area (Å²) in [6.45, 7) is 3.80. The molecule has 0 saturated carbocycles. The molecule has 1 aromatic carbocycles. The Morgan fingerprint density at radius 1 is 1.14 bits per heavy atom. The molecule has 0 radical (unpaired) electrons. The van der Waals surface area contributed by atoms with Crippen LogP contribution < -0.4 is 0 Å². The third-order valence-electron chi connectivity index (χ3n) is 3.63. The van der Waals surface area contributed by atoms with Gasteiger partial charge in [-0.15, -0.1) is 0 Å². The fourth-order valence-corrected chi connectivity index (χ4v) is 2.15. The van der Waals surface area contributed by atoms with Gasteiger partial charge in [-0.1, -0.05) is 24.3 Å². The number of hydrogen-bond donors (Lipinski definition) is 0. The number of nitriles is 1. The molecule has 21 heavy (non-hydrogen) atoms. The molecule has 0 spiro atoms. The summed E-state index contributed by atoms with van der Waals surface area (Å²) in [7, 11) is 1.91. The van der Waals surface area contributed by atoms with Crippen molar-refractivity contribution in [1.29, 1.82) is 5.26 Å². The van der Waals surface area contributed by atoms with Crippen LogP contribution in [0.1, 0.15) is 19.4 Å². The Morgan fingerprint density at radius 3 is 2.52 bits per heavy atom. The van der Waals surface area contributed by atoms with Crippen LogP contribution in [0.2, 0.25) is 0 Å². The molecule has 0 fully saturated rings. The monoisotopic (exact) mass is 277 g/mol. The molecule has 0 aliphatic heterocycles. The first kappa shape index (κ1) is 13.3. The molecule has 3 rings (SSSR count). The molecule has 0 bridgehead atoms. The van der Waals surface area contributed by atoms with Crippen LogP contribution in [0.5, 0.6) is 0 Å². The van der Waals surface area contributed by atoms with Gasteiger partial charge in [0.1, 0.15) is 5.52 Å². The minimum atomic E-state index is -0.496. The fourth-order valence-electron chi connectivity index (χ4n) is 2.15.